The van der Waals surface area contributed by atoms with Crippen LogP contribution < -0.4 is 11.1 Å². The topological polar surface area (TPSA) is 100 Å². The molecule has 1 fully saturated rings. The van der Waals surface area contributed by atoms with Gasteiger partial charge < -0.3 is 16.2 Å². The second-order valence-corrected chi connectivity index (χ2v) is 10.4. The Hall–Kier alpha value is -2.73. The van der Waals surface area contributed by atoms with Crippen molar-refractivity contribution < 1.29 is 9.90 Å². The minimum Gasteiger partial charge on any atom is -0.508 e. The highest BCUT2D eigenvalue weighted by Gasteiger charge is 2.30. The molecule has 2 heterocycles. The number of Topliss-reactive ketones (excluding diaryl/α,β-unsaturated/α-hetero) is 1. The molecule has 4 rings (SSSR count). The summed E-state index contributed by atoms with van der Waals surface area (Å²) in [5.74, 6) is 2.62. The Morgan fingerprint density at radius 3 is 2.78 bits per heavy atom. The number of aliphatic imine (C=N–C) groups is 2. The summed E-state index contributed by atoms with van der Waals surface area (Å²) in [5, 5.41) is 13.5. The van der Waals surface area contributed by atoms with Crippen LogP contribution in [0.4, 0.5) is 0 Å². The fraction of sp³-hybridized carbons (Fsp3) is 0.567. The molecule has 1 aliphatic carbocycles. The van der Waals surface area contributed by atoms with Gasteiger partial charge in [-0.2, -0.15) is 0 Å². The Bertz CT molecular complexity index is 1010. The van der Waals surface area contributed by atoms with Crippen LogP contribution in [0, 0.1) is 17.8 Å². The predicted molar refractivity (Wildman–Crippen MR) is 147 cm³/mol. The molecule has 36 heavy (non-hydrogen) atoms. The minimum absolute atomic E-state index is 0.211. The van der Waals surface area contributed by atoms with E-state index >= 15 is 0 Å². The highest BCUT2D eigenvalue weighted by Crippen LogP contribution is 2.33. The molecule has 0 saturated heterocycles. The van der Waals surface area contributed by atoms with Crippen LogP contribution >= 0.6 is 0 Å². The van der Waals surface area contributed by atoms with E-state index in [1.54, 1.807) is 6.07 Å². The van der Waals surface area contributed by atoms with Gasteiger partial charge in [0.25, 0.3) is 0 Å². The fourth-order valence-corrected chi connectivity index (χ4v) is 5.82. The van der Waals surface area contributed by atoms with Crippen LogP contribution in [0.5, 0.6) is 5.75 Å². The summed E-state index contributed by atoms with van der Waals surface area (Å²) < 4.78 is 0. The van der Waals surface area contributed by atoms with E-state index in [2.05, 4.69) is 17.5 Å². The average molecular weight is 491 g/mol. The van der Waals surface area contributed by atoms with Crippen LogP contribution in [-0.2, 0) is 11.3 Å². The van der Waals surface area contributed by atoms with Gasteiger partial charge in [0.05, 0.1) is 12.4 Å². The largest absolute Gasteiger partial charge is 0.508 e. The summed E-state index contributed by atoms with van der Waals surface area (Å²) in [7, 11) is 0. The first kappa shape index (κ1) is 26.3. The lowest BCUT2D eigenvalue weighted by Crippen LogP contribution is -2.32. The molecule has 0 amide bonds. The van der Waals surface area contributed by atoms with Crippen molar-refractivity contribution in [3.63, 3.8) is 0 Å². The Kier molecular flexibility index (Phi) is 9.91. The van der Waals surface area contributed by atoms with E-state index in [0.29, 0.717) is 43.5 Å². The molecule has 194 valence electrons. The van der Waals surface area contributed by atoms with Crippen LogP contribution in [-0.4, -0.2) is 35.5 Å². The van der Waals surface area contributed by atoms with E-state index in [4.69, 9.17) is 15.7 Å². The second kappa shape index (κ2) is 13.5. The Morgan fingerprint density at radius 2 is 1.92 bits per heavy atom. The standard InChI is InChI=1S/C30H42N4O2/c31-18-7-15-27(35)23-8-1-2-9-24(13-5-12-23)30-26-21-34-29(16-6-11-22(26)17-19-32-30)33-20-25-10-3-4-14-28(25)36/h3-4,10-11,14,17,19,23-24,26,36H,1-2,5-9,12-13,15-16,18,20-21,31H2,(H,33,34)/b22-11+. The van der Waals surface area contributed by atoms with Crippen LogP contribution in [0.15, 0.2) is 58.2 Å². The van der Waals surface area contributed by atoms with Crippen LogP contribution in [0.2, 0.25) is 0 Å². The molecule has 6 heteroatoms. The lowest BCUT2D eigenvalue weighted by molar-refractivity contribution is -0.123. The van der Waals surface area contributed by atoms with Crippen molar-refractivity contribution in [3.8, 4) is 5.75 Å². The summed E-state index contributed by atoms with van der Waals surface area (Å²) in [6, 6.07) is 7.44. The van der Waals surface area contributed by atoms with Gasteiger partial charge in [-0.05, 0) is 68.7 Å². The van der Waals surface area contributed by atoms with Crippen molar-refractivity contribution in [1.82, 2.24) is 5.32 Å². The van der Waals surface area contributed by atoms with Gasteiger partial charge in [-0.1, -0.05) is 43.5 Å². The van der Waals surface area contributed by atoms with E-state index in [9.17, 15) is 9.90 Å². The van der Waals surface area contributed by atoms with E-state index in [1.807, 2.05) is 24.4 Å². The van der Waals surface area contributed by atoms with Gasteiger partial charge in [-0.25, -0.2) is 0 Å². The number of fused-ring (bicyclic) bond motifs is 1. The number of hydrogen-bond acceptors (Lipinski definition) is 6. The number of rotatable bonds is 7. The molecule has 3 atom stereocenters. The van der Waals surface area contributed by atoms with E-state index < -0.39 is 0 Å². The SMILES string of the molecule is NCCCC(=O)C1CCCCC(C2=NC=C/C3=C\CCC(NCc4ccccc4O)=NCC23)CCC1. The lowest BCUT2D eigenvalue weighted by Gasteiger charge is -2.29. The molecule has 4 N–H and O–H groups in total. The molecule has 6 nitrogen and oxygen atoms in total. The van der Waals surface area contributed by atoms with Crippen molar-refractivity contribution >= 4 is 17.3 Å². The van der Waals surface area contributed by atoms with Gasteiger partial charge in [0.2, 0.25) is 0 Å². The first-order valence-electron chi connectivity index (χ1n) is 13.9. The maximum atomic E-state index is 12.6. The highest BCUT2D eigenvalue weighted by atomic mass is 16.3. The van der Waals surface area contributed by atoms with Gasteiger partial charge in [0.15, 0.2) is 0 Å². The number of nitrogens with one attached hydrogen (secondary N) is 1. The van der Waals surface area contributed by atoms with E-state index in [1.165, 1.54) is 11.3 Å². The molecule has 1 aromatic carbocycles. The lowest BCUT2D eigenvalue weighted by atomic mass is 9.79. The summed E-state index contributed by atoms with van der Waals surface area (Å²) in [6.45, 7) is 1.87. The molecule has 3 aliphatic rings. The summed E-state index contributed by atoms with van der Waals surface area (Å²) in [4.78, 5) is 22.6. The average Bonchev–Trinajstić information content (AvgIpc) is 3.00. The molecular formula is C30H42N4O2. The van der Waals surface area contributed by atoms with Crippen molar-refractivity contribution in [2.75, 3.05) is 13.1 Å². The third-order valence-corrected chi connectivity index (χ3v) is 7.91. The number of carbonyl (C=O) groups excluding carboxylic acids is 1. The molecule has 1 aromatic rings. The summed E-state index contributed by atoms with van der Waals surface area (Å²) >= 11 is 0. The third kappa shape index (κ3) is 7.16. The Labute approximate surface area is 215 Å². The van der Waals surface area contributed by atoms with E-state index in [-0.39, 0.29) is 11.8 Å². The molecule has 0 radical (unpaired) electrons. The highest BCUT2D eigenvalue weighted by molar-refractivity contribution is 5.94. The summed E-state index contributed by atoms with van der Waals surface area (Å²) in [5.41, 5.74) is 9.13. The second-order valence-electron chi connectivity index (χ2n) is 10.4. The Balaban J connectivity index is 1.40. The number of carbonyl (C=O) groups is 1. The number of aromatic hydroxyl groups is 1. The number of para-hydroxylation sites is 1. The van der Waals surface area contributed by atoms with Gasteiger partial charge >= 0.3 is 0 Å². The molecular weight excluding hydrogens is 448 g/mol. The third-order valence-electron chi connectivity index (χ3n) is 7.91. The van der Waals surface area contributed by atoms with Gasteiger partial charge in [-0.15, -0.1) is 0 Å². The summed E-state index contributed by atoms with van der Waals surface area (Å²) in [6.07, 6.45) is 17.3. The van der Waals surface area contributed by atoms with Crippen molar-refractivity contribution in [2.24, 2.45) is 33.5 Å². The number of hydrogen-bond donors (Lipinski definition) is 3. The Morgan fingerprint density at radius 1 is 1.11 bits per heavy atom. The van der Waals surface area contributed by atoms with Gasteiger partial charge in [0.1, 0.15) is 11.5 Å². The smallest absolute Gasteiger partial charge is 0.136 e. The number of benzene rings is 1. The van der Waals surface area contributed by atoms with Crippen LogP contribution in [0.1, 0.15) is 76.2 Å². The quantitative estimate of drug-likeness (QED) is 0.472. The van der Waals surface area contributed by atoms with Gasteiger partial charge in [-0.3, -0.25) is 14.8 Å². The number of nitrogens with zero attached hydrogens (tertiary/aromatic N) is 2. The zero-order valence-corrected chi connectivity index (χ0v) is 21.5. The molecule has 0 aromatic heterocycles. The zero-order chi connectivity index (χ0) is 25.2. The van der Waals surface area contributed by atoms with Gasteiger partial charge in [0, 0.05) is 48.7 Å². The number of amidine groups is 1. The fourth-order valence-electron chi connectivity index (χ4n) is 5.82. The molecule has 1 saturated carbocycles. The van der Waals surface area contributed by atoms with Crippen LogP contribution in [0.25, 0.3) is 0 Å². The maximum Gasteiger partial charge on any atom is 0.136 e. The normalized spacial score (nSPS) is 26.5. The molecule has 0 spiro atoms. The predicted octanol–water partition coefficient (Wildman–Crippen LogP) is 5.47. The zero-order valence-electron chi connectivity index (χ0n) is 21.5. The maximum absolute atomic E-state index is 12.6. The number of nitrogens with two attached hydrogens (primary N) is 1. The first-order chi connectivity index (χ1) is 17.7. The van der Waals surface area contributed by atoms with Crippen molar-refractivity contribution in [3.05, 3.63) is 53.8 Å². The molecule has 3 unspecified atom stereocenters. The monoisotopic (exact) mass is 490 g/mol. The first-order valence-corrected chi connectivity index (χ1v) is 13.9. The minimum atomic E-state index is 0.211. The number of phenolic OH excluding ortho intramolecular Hbond substituents is 1. The van der Waals surface area contributed by atoms with Crippen molar-refractivity contribution in [2.45, 2.75) is 77.2 Å². The number of allylic oxidation sites excluding steroid dienone is 2. The number of ketones is 1. The molecule has 0 bridgehead atoms. The van der Waals surface area contributed by atoms with E-state index in [0.717, 1.165) is 75.6 Å². The molecule has 2 aliphatic heterocycles. The van der Waals surface area contributed by atoms with Crippen LogP contribution in [0.3, 0.4) is 0 Å². The number of phenols is 1. The van der Waals surface area contributed by atoms with Crippen molar-refractivity contribution in [1.29, 1.82) is 0 Å².